The topological polar surface area (TPSA) is 3.24 Å². The molecule has 0 amide bonds. The van der Waals surface area contributed by atoms with Gasteiger partial charge in [-0.3, -0.25) is 4.90 Å². The van der Waals surface area contributed by atoms with Crippen LogP contribution in [-0.4, -0.2) is 28.4 Å². The highest BCUT2D eigenvalue weighted by atomic mass is 32.1. The summed E-state index contributed by atoms with van der Waals surface area (Å²) in [6.07, 6.45) is 1.43. The number of thiocarbonyl (C=S) groups is 1. The summed E-state index contributed by atoms with van der Waals surface area (Å²) in [7, 11) is 0. The van der Waals surface area contributed by atoms with Gasteiger partial charge >= 0.3 is 0 Å². The summed E-state index contributed by atoms with van der Waals surface area (Å²) in [5.41, 5.74) is 0. The van der Waals surface area contributed by atoms with Crippen LogP contribution in [0.2, 0.25) is 0 Å². The quantitative estimate of drug-likeness (QED) is 0.603. The third-order valence-corrected chi connectivity index (χ3v) is 3.51. The van der Waals surface area contributed by atoms with E-state index in [0.717, 1.165) is 11.8 Å². The molecule has 2 heteroatoms. The standard InChI is InChI=1S/C10H17NS/c1-6(2)11-5-8-4-9(8)10(11)7(3)12/h6,8-10H,4-5H2,1-3H3/t8-,9-,10-/m1/s1. The second kappa shape index (κ2) is 2.78. The zero-order chi connectivity index (χ0) is 8.88. The van der Waals surface area contributed by atoms with Crippen LogP contribution in [0.3, 0.4) is 0 Å². The third-order valence-electron chi connectivity index (χ3n) is 3.27. The lowest BCUT2D eigenvalue weighted by atomic mass is 10.1. The molecule has 3 atom stereocenters. The van der Waals surface area contributed by atoms with Crippen LogP contribution in [0.5, 0.6) is 0 Å². The molecule has 68 valence electrons. The normalized spacial score (nSPS) is 40.2. The Kier molecular flexibility index (Phi) is 2.00. The molecule has 2 rings (SSSR count). The summed E-state index contributed by atoms with van der Waals surface area (Å²) in [6.45, 7) is 7.95. The molecule has 1 saturated heterocycles. The molecule has 2 aliphatic rings. The van der Waals surface area contributed by atoms with Crippen LogP contribution < -0.4 is 0 Å². The molecule has 1 heterocycles. The maximum Gasteiger partial charge on any atom is 0.0442 e. The zero-order valence-electron chi connectivity index (χ0n) is 8.08. The molecular formula is C10H17NS. The molecule has 0 unspecified atom stereocenters. The van der Waals surface area contributed by atoms with E-state index in [4.69, 9.17) is 12.2 Å². The Labute approximate surface area is 80.1 Å². The fraction of sp³-hybridized carbons (Fsp3) is 0.900. The minimum atomic E-state index is 0.630. The van der Waals surface area contributed by atoms with Crippen molar-refractivity contribution in [3.8, 4) is 0 Å². The van der Waals surface area contributed by atoms with Crippen molar-refractivity contribution >= 4 is 17.1 Å². The number of likely N-dealkylation sites (tertiary alicyclic amines) is 1. The lowest BCUT2D eigenvalue weighted by Gasteiger charge is -2.30. The lowest BCUT2D eigenvalue weighted by Crippen LogP contribution is -2.41. The number of hydrogen-bond donors (Lipinski definition) is 0. The summed E-state index contributed by atoms with van der Waals surface area (Å²) >= 11 is 5.31. The average molecular weight is 183 g/mol. The van der Waals surface area contributed by atoms with Gasteiger partial charge < -0.3 is 0 Å². The average Bonchev–Trinajstić information content (AvgIpc) is 2.60. The zero-order valence-corrected chi connectivity index (χ0v) is 8.90. The fourth-order valence-corrected chi connectivity index (χ4v) is 2.88. The SMILES string of the molecule is CC(=S)[C@@H]1[C@@H]2C[C@@H]2CN1C(C)C. The predicted octanol–water partition coefficient (Wildman–Crippen LogP) is 2.10. The predicted molar refractivity (Wildman–Crippen MR) is 55.5 cm³/mol. The molecule has 1 aliphatic heterocycles. The van der Waals surface area contributed by atoms with Gasteiger partial charge in [0, 0.05) is 23.5 Å². The number of piperidine rings is 1. The van der Waals surface area contributed by atoms with Gasteiger partial charge in [-0.2, -0.15) is 0 Å². The minimum Gasteiger partial charge on any atom is -0.293 e. The van der Waals surface area contributed by atoms with Crippen LogP contribution >= 0.6 is 12.2 Å². The van der Waals surface area contributed by atoms with Crippen molar-refractivity contribution in [1.29, 1.82) is 0 Å². The first kappa shape index (κ1) is 8.64. The molecule has 0 spiro atoms. The van der Waals surface area contributed by atoms with Gasteiger partial charge in [0.25, 0.3) is 0 Å². The molecule has 1 aliphatic carbocycles. The summed E-state index contributed by atoms with van der Waals surface area (Å²) in [5, 5.41) is 0. The van der Waals surface area contributed by atoms with Crippen molar-refractivity contribution < 1.29 is 0 Å². The van der Waals surface area contributed by atoms with Gasteiger partial charge in [0.05, 0.1) is 0 Å². The van der Waals surface area contributed by atoms with E-state index in [-0.39, 0.29) is 0 Å². The highest BCUT2D eigenvalue weighted by molar-refractivity contribution is 7.80. The van der Waals surface area contributed by atoms with Crippen LogP contribution in [0.25, 0.3) is 0 Å². The molecule has 12 heavy (non-hydrogen) atoms. The van der Waals surface area contributed by atoms with E-state index < -0.39 is 0 Å². The Balaban J connectivity index is 2.11. The van der Waals surface area contributed by atoms with Gasteiger partial charge in [0.15, 0.2) is 0 Å². The lowest BCUT2D eigenvalue weighted by molar-refractivity contribution is 0.217. The van der Waals surface area contributed by atoms with Crippen molar-refractivity contribution in [2.45, 2.75) is 39.3 Å². The Morgan fingerprint density at radius 3 is 2.58 bits per heavy atom. The van der Waals surface area contributed by atoms with E-state index in [9.17, 15) is 0 Å². The molecule has 1 nitrogen and oxygen atoms in total. The van der Waals surface area contributed by atoms with Gasteiger partial charge in [-0.05, 0) is 39.0 Å². The van der Waals surface area contributed by atoms with Crippen molar-refractivity contribution in [3.63, 3.8) is 0 Å². The van der Waals surface area contributed by atoms with Gasteiger partial charge in [0.1, 0.15) is 0 Å². The van der Waals surface area contributed by atoms with E-state index in [0.29, 0.717) is 12.1 Å². The van der Waals surface area contributed by atoms with Crippen LogP contribution in [-0.2, 0) is 0 Å². The molecule has 0 aromatic heterocycles. The van der Waals surface area contributed by atoms with Crippen molar-refractivity contribution in [2.24, 2.45) is 11.8 Å². The van der Waals surface area contributed by atoms with Gasteiger partial charge in [-0.1, -0.05) is 12.2 Å². The molecule has 0 bridgehead atoms. The first-order valence-electron chi connectivity index (χ1n) is 4.87. The summed E-state index contributed by atoms with van der Waals surface area (Å²) in [4.78, 5) is 3.77. The number of nitrogens with zero attached hydrogens (tertiary/aromatic N) is 1. The van der Waals surface area contributed by atoms with Crippen molar-refractivity contribution in [1.82, 2.24) is 4.90 Å². The first-order valence-corrected chi connectivity index (χ1v) is 5.28. The van der Waals surface area contributed by atoms with Crippen LogP contribution in [0.1, 0.15) is 27.2 Å². The van der Waals surface area contributed by atoms with Gasteiger partial charge in [-0.15, -0.1) is 0 Å². The summed E-state index contributed by atoms with van der Waals surface area (Å²) in [6, 6.07) is 1.30. The molecule has 0 aromatic rings. The molecule has 0 aromatic carbocycles. The van der Waals surface area contributed by atoms with E-state index in [1.807, 2.05) is 0 Å². The highest BCUT2D eigenvalue weighted by Gasteiger charge is 2.53. The number of fused-ring (bicyclic) bond motifs is 1. The van der Waals surface area contributed by atoms with E-state index in [1.54, 1.807) is 0 Å². The maximum absolute atomic E-state index is 5.31. The van der Waals surface area contributed by atoms with E-state index in [1.165, 1.54) is 17.8 Å². The molecular weight excluding hydrogens is 166 g/mol. The Bertz CT molecular complexity index is 212. The maximum atomic E-state index is 5.31. The number of rotatable bonds is 2. The molecule has 0 radical (unpaired) electrons. The van der Waals surface area contributed by atoms with Crippen molar-refractivity contribution in [3.05, 3.63) is 0 Å². The van der Waals surface area contributed by atoms with Crippen LogP contribution in [0, 0.1) is 11.8 Å². The molecule has 2 fully saturated rings. The van der Waals surface area contributed by atoms with Crippen molar-refractivity contribution in [2.75, 3.05) is 6.54 Å². The van der Waals surface area contributed by atoms with E-state index in [2.05, 4.69) is 25.7 Å². The Hall–Kier alpha value is 0.0500. The second-order valence-electron chi connectivity index (χ2n) is 4.51. The smallest absolute Gasteiger partial charge is 0.0442 e. The molecule has 0 N–H and O–H groups in total. The largest absolute Gasteiger partial charge is 0.293 e. The Morgan fingerprint density at radius 2 is 2.17 bits per heavy atom. The Morgan fingerprint density at radius 1 is 1.50 bits per heavy atom. The fourth-order valence-electron chi connectivity index (χ4n) is 2.56. The molecule has 1 saturated carbocycles. The van der Waals surface area contributed by atoms with E-state index >= 15 is 0 Å². The minimum absolute atomic E-state index is 0.630. The van der Waals surface area contributed by atoms with Crippen LogP contribution in [0.15, 0.2) is 0 Å². The third kappa shape index (κ3) is 1.21. The van der Waals surface area contributed by atoms with Crippen LogP contribution in [0.4, 0.5) is 0 Å². The summed E-state index contributed by atoms with van der Waals surface area (Å²) in [5.74, 6) is 1.90. The van der Waals surface area contributed by atoms with Gasteiger partial charge in [-0.25, -0.2) is 0 Å². The monoisotopic (exact) mass is 183 g/mol. The van der Waals surface area contributed by atoms with Gasteiger partial charge in [0.2, 0.25) is 0 Å². The highest BCUT2D eigenvalue weighted by Crippen LogP contribution is 2.50. The second-order valence-corrected chi connectivity index (χ2v) is 5.15. The summed E-state index contributed by atoms with van der Waals surface area (Å²) < 4.78 is 0. The number of hydrogen-bond acceptors (Lipinski definition) is 2. The first-order chi connectivity index (χ1) is 5.61.